The van der Waals surface area contributed by atoms with Crippen molar-refractivity contribution in [2.24, 2.45) is 5.92 Å². The number of likely N-dealkylation sites (N-methyl/N-ethyl adjacent to an activating group) is 1. The van der Waals surface area contributed by atoms with Crippen molar-refractivity contribution in [3.05, 3.63) is 52.9 Å². The van der Waals surface area contributed by atoms with Gasteiger partial charge in [0.15, 0.2) is 16.8 Å². The van der Waals surface area contributed by atoms with E-state index in [0.717, 1.165) is 29.1 Å². The topological polar surface area (TPSA) is 77.3 Å². The normalized spacial score (nSPS) is 18.4. The molecule has 2 aliphatic heterocycles. The van der Waals surface area contributed by atoms with Gasteiger partial charge in [-0.25, -0.2) is 9.50 Å². The Hall–Kier alpha value is -3.38. The first-order chi connectivity index (χ1) is 18.9. The molecule has 2 atom stereocenters. The Bertz CT molecular complexity index is 1410. The number of hydrogen-bond donors (Lipinski definition) is 0. The van der Waals surface area contributed by atoms with Crippen LogP contribution in [0.3, 0.4) is 0 Å². The number of halogens is 4. The van der Waals surface area contributed by atoms with Crippen LogP contribution in [0.1, 0.15) is 30.1 Å². The van der Waals surface area contributed by atoms with Gasteiger partial charge in [0, 0.05) is 38.4 Å². The van der Waals surface area contributed by atoms with Crippen molar-refractivity contribution >= 4 is 40.4 Å². The minimum absolute atomic E-state index is 0.0321. The summed E-state index contributed by atoms with van der Waals surface area (Å²) in [7, 11) is 4.71. The van der Waals surface area contributed by atoms with Crippen LogP contribution < -0.4 is 4.90 Å². The number of aryl methyl sites for hydroxylation is 1. The second-order valence-corrected chi connectivity index (χ2v) is 11.0. The third kappa shape index (κ3) is 5.46. The quantitative estimate of drug-likeness (QED) is 0.442. The molecule has 9 nitrogen and oxygen atoms in total. The van der Waals surface area contributed by atoms with Crippen molar-refractivity contribution < 1.29 is 22.8 Å². The molecule has 0 spiro atoms. The van der Waals surface area contributed by atoms with Crippen LogP contribution in [0.4, 0.5) is 24.5 Å². The third-order valence-corrected chi connectivity index (χ3v) is 7.71. The maximum atomic E-state index is 14.4. The number of carbonyl (C=O) groups excluding carboxylic acids is 2. The highest BCUT2D eigenvalue weighted by Gasteiger charge is 2.47. The van der Waals surface area contributed by atoms with Crippen molar-refractivity contribution in [2.75, 3.05) is 52.2 Å². The van der Waals surface area contributed by atoms with Crippen LogP contribution in [-0.2, 0) is 16.0 Å². The number of benzene rings is 1. The molecule has 0 N–H and O–H groups in total. The highest BCUT2D eigenvalue weighted by molar-refractivity contribution is 6.29. The Morgan fingerprint density at radius 3 is 2.55 bits per heavy atom. The molecule has 40 heavy (non-hydrogen) atoms. The summed E-state index contributed by atoms with van der Waals surface area (Å²) in [6, 6.07) is 5.68. The zero-order chi connectivity index (χ0) is 28.8. The molecule has 1 fully saturated rings. The molecular formula is C27H31ClF3N7O2. The van der Waals surface area contributed by atoms with Crippen LogP contribution in [0.15, 0.2) is 36.5 Å². The molecule has 0 radical (unpaired) electrons. The van der Waals surface area contributed by atoms with E-state index >= 15 is 0 Å². The van der Waals surface area contributed by atoms with Gasteiger partial charge in [0.2, 0.25) is 11.8 Å². The van der Waals surface area contributed by atoms with Gasteiger partial charge in [-0.1, -0.05) is 23.7 Å². The van der Waals surface area contributed by atoms with Gasteiger partial charge >= 0.3 is 6.18 Å². The lowest BCUT2D eigenvalue weighted by atomic mass is 10.0. The Morgan fingerprint density at radius 2 is 1.88 bits per heavy atom. The first kappa shape index (κ1) is 28.2. The van der Waals surface area contributed by atoms with Crippen LogP contribution in [0.25, 0.3) is 5.65 Å². The zero-order valence-electron chi connectivity index (χ0n) is 22.5. The van der Waals surface area contributed by atoms with Gasteiger partial charge in [0.25, 0.3) is 0 Å². The summed E-state index contributed by atoms with van der Waals surface area (Å²) in [6.45, 7) is 1.33. The van der Waals surface area contributed by atoms with E-state index in [1.54, 1.807) is 52.8 Å². The monoisotopic (exact) mass is 577 g/mol. The van der Waals surface area contributed by atoms with E-state index in [2.05, 4.69) is 10.1 Å². The largest absolute Gasteiger partial charge is 0.413 e. The molecule has 2 aromatic heterocycles. The second kappa shape index (κ2) is 10.9. The van der Waals surface area contributed by atoms with Crippen molar-refractivity contribution in [3.63, 3.8) is 0 Å². The minimum atomic E-state index is -4.68. The Labute approximate surface area is 235 Å². The summed E-state index contributed by atoms with van der Waals surface area (Å²) < 4.78 is 44.8. The summed E-state index contributed by atoms with van der Waals surface area (Å²) in [5.41, 5.74) is 3.07. The number of likely N-dealkylation sites (tertiary alicyclic amines) is 1. The molecule has 0 bridgehead atoms. The second-order valence-electron chi connectivity index (χ2n) is 10.6. The van der Waals surface area contributed by atoms with Crippen molar-refractivity contribution in [2.45, 2.75) is 31.5 Å². The summed E-state index contributed by atoms with van der Waals surface area (Å²) in [5.74, 6) is -1.44. The number of alkyl halides is 3. The van der Waals surface area contributed by atoms with E-state index in [0.29, 0.717) is 36.0 Å². The molecule has 2 aliphatic rings. The van der Waals surface area contributed by atoms with E-state index in [1.165, 1.54) is 19.2 Å². The fourth-order valence-electron chi connectivity index (χ4n) is 5.64. The molecule has 5 rings (SSSR count). The Morgan fingerprint density at radius 1 is 1.15 bits per heavy atom. The highest BCUT2D eigenvalue weighted by atomic mass is 35.5. The maximum absolute atomic E-state index is 14.4. The van der Waals surface area contributed by atoms with Gasteiger partial charge in [-0.3, -0.25) is 9.59 Å². The van der Waals surface area contributed by atoms with Crippen LogP contribution in [0.5, 0.6) is 0 Å². The van der Waals surface area contributed by atoms with E-state index in [-0.39, 0.29) is 24.6 Å². The zero-order valence-corrected chi connectivity index (χ0v) is 23.3. The van der Waals surface area contributed by atoms with Crippen molar-refractivity contribution in [1.29, 1.82) is 0 Å². The smallest absolute Gasteiger partial charge is 0.341 e. The maximum Gasteiger partial charge on any atom is 0.413 e. The fraction of sp³-hybridized carbons (Fsp3) is 0.481. The molecule has 4 heterocycles. The van der Waals surface area contributed by atoms with Crippen LogP contribution in [-0.4, -0.2) is 94.6 Å². The predicted molar refractivity (Wildman–Crippen MR) is 145 cm³/mol. The molecule has 214 valence electrons. The van der Waals surface area contributed by atoms with Gasteiger partial charge in [-0.05, 0) is 51.1 Å². The minimum Gasteiger partial charge on any atom is -0.341 e. The summed E-state index contributed by atoms with van der Waals surface area (Å²) >= 11 is 6.07. The number of anilines is 2. The Balaban J connectivity index is 1.36. The summed E-state index contributed by atoms with van der Waals surface area (Å²) in [4.78, 5) is 36.1. The number of aromatic nitrogens is 3. The summed E-state index contributed by atoms with van der Waals surface area (Å²) in [5, 5.41) is 4.66. The van der Waals surface area contributed by atoms with E-state index in [4.69, 9.17) is 11.6 Å². The lowest BCUT2D eigenvalue weighted by molar-refractivity contribution is -0.190. The molecule has 0 saturated carbocycles. The molecule has 3 aromatic rings. The number of amides is 2. The van der Waals surface area contributed by atoms with E-state index < -0.39 is 24.0 Å². The molecule has 2 amide bonds. The van der Waals surface area contributed by atoms with Crippen LogP contribution >= 0.6 is 11.6 Å². The molecular weight excluding hydrogens is 547 g/mol. The third-order valence-electron chi connectivity index (χ3n) is 7.52. The van der Waals surface area contributed by atoms with Crippen LogP contribution in [0.2, 0.25) is 5.15 Å². The molecule has 0 unspecified atom stereocenters. The van der Waals surface area contributed by atoms with Gasteiger partial charge < -0.3 is 19.6 Å². The van der Waals surface area contributed by atoms with Gasteiger partial charge in [-0.2, -0.15) is 18.3 Å². The number of fused-ring (bicyclic) bond motifs is 3. The van der Waals surface area contributed by atoms with Crippen molar-refractivity contribution in [3.8, 4) is 0 Å². The molecule has 1 aromatic carbocycles. The fourth-order valence-corrected chi connectivity index (χ4v) is 5.81. The number of carbonyl (C=O) groups is 2. The Kier molecular flexibility index (Phi) is 7.66. The van der Waals surface area contributed by atoms with E-state index in [9.17, 15) is 22.8 Å². The van der Waals surface area contributed by atoms with Gasteiger partial charge in [0.05, 0.1) is 30.0 Å². The van der Waals surface area contributed by atoms with Gasteiger partial charge in [-0.15, -0.1) is 0 Å². The summed E-state index contributed by atoms with van der Waals surface area (Å²) in [6.07, 6.45) is -1.03. The van der Waals surface area contributed by atoms with Gasteiger partial charge in [0.1, 0.15) is 0 Å². The van der Waals surface area contributed by atoms with Crippen molar-refractivity contribution in [1.82, 2.24) is 29.3 Å². The SMILES string of the molecule is CN(C)CC(=O)N1CC[C@H](C(=O)N(C)[C@@H](c2ccc(N3CCCc4c3cnc3cc(Cl)nn43)cc2)C(F)(F)F)C1. The van der Waals surface area contributed by atoms with E-state index in [1.807, 2.05) is 4.90 Å². The molecule has 0 aliphatic carbocycles. The average Bonchev–Trinajstić information content (AvgIpc) is 3.54. The number of hydrogen-bond acceptors (Lipinski definition) is 6. The lowest BCUT2D eigenvalue weighted by Gasteiger charge is -2.33. The highest BCUT2D eigenvalue weighted by Crippen LogP contribution is 2.40. The number of nitrogens with zero attached hydrogens (tertiary/aromatic N) is 7. The standard InChI is InChI=1S/C27H31ClF3N7O2/c1-34(2)16-24(39)36-12-10-18(15-36)26(40)35(3)25(27(29,30)31)17-6-8-19(9-7-17)37-11-4-5-20-21(37)14-32-23-13-22(28)33-38(20)23/h6-9,13-14,18,25H,4-5,10-12,15-16H2,1-3H3/t18-,25-/m0/s1. The molecule has 13 heteroatoms. The first-order valence-corrected chi connectivity index (χ1v) is 13.5. The molecule has 1 saturated heterocycles. The average molecular weight is 578 g/mol. The first-order valence-electron chi connectivity index (χ1n) is 13.1. The lowest BCUT2D eigenvalue weighted by Crippen LogP contribution is -2.43. The predicted octanol–water partition coefficient (Wildman–Crippen LogP) is 3.94. The number of rotatable bonds is 6. The van der Waals surface area contributed by atoms with Crippen LogP contribution in [0, 0.1) is 5.92 Å².